The van der Waals surface area contributed by atoms with E-state index in [0.717, 1.165) is 25.7 Å². The lowest BCUT2D eigenvalue weighted by molar-refractivity contribution is -0.181. The maximum Gasteiger partial charge on any atom is 0.169 e. The van der Waals surface area contributed by atoms with Crippen LogP contribution in [0, 0.1) is 0 Å². The zero-order chi connectivity index (χ0) is 13.2. The lowest BCUT2D eigenvalue weighted by Gasteiger charge is -2.31. The molecule has 104 valence electrons. The molecule has 1 heterocycles. The van der Waals surface area contributed by atoms with Crippen LogP contribution in [0.15, 0.2) is 4.40 Å². The van der Waals surface area contributed by atoms with E-state index in [0.29, 0.717) is 6.61 Å². The van der Waals surface area contributed by atoms with Crippen molar-refractivity contribution in [2.45, 2.75) is 69.5 Å². The zero-order valence-electron chi connectivity index (χ0n) is 11.5. The first-order valence-corrected chi connectivity index (χ1v) is 7.80. The van der Waals surface area contributed by atoms with Crippen LogP contribution in [0.4, 0.5) is 0 Å². The van der Waals surface area contributed by atoms with Crippen molar-refractivity contribution in [2.24, 2.45) is 4.40 Å². The lowest BCUT2D eigenvalue weighted by Crippen LogP contribution is -2.33. The predicted octanol–water partition coefficient (Wildman–Crippen LogP) is 2.60. The Kier molecular flexibility index (Phi) is 4.36. The highest BCUT2D eigenvalue weighted by Crippen LogP contribution is 2.37. The molecule has 2 rings (SSSR count). The Bertz CT molecular complexity index is 308. The summed E-state index contributed by atoms with van der Waals surface area (Å²) in [7, 11) is 0. The van der Waals surface area contributed by atoms with Gasteiger partial charge in [-0.25, -0.2) is 0 Å². The minimum Gasteiger partial charge on any atom is -0.591 e. The number of ether oxygens (including phenoxy) is 2. The van der Waals surface area contributed by atoms with Crippen molar-refractivity contribution in [3.05, 3.63) is 0 Å². The molecular formula is C13H23NO3S. The van der Waals surface area contributed by atoms with Crippen molar-refractivity contribution in [2.75, 3.05) is 6.61 Å². The molecule has 1 spiro atoms. The fourth-order valence-electron chi connectivity index (χ4n) is 2.29. The first-order chi connectivity index (χ1) is 8.41. The van der Waals surface area contributed by atoms with Crippen LogP contribution in [0.2, 0.25) is 0 Å². The summed E-state index contributed by atoms with van der Waals surface area (Å²) in [5, 5.41) is 0. The highest BCUT2D eigenvalue weighted by molar-refractivity contribution is 7.91. The largest absolute Gasteiger partial charge is 0.591 e. The third-order valence-corrected chi connectivity index (χ3v) is 4.70. The molecule has 18 heavy (non-hydrogen) atoms. The first-order valence-electron chi connectivity index (χ1n) is 6.69. The Morgan fingerprint density at radius 1 is 1.28 bits per heavy atom. The lowest BCUT2D eigenvalue weighted by atomic mass is 9.94. The number of hydrogen-bond acceptors (Lipinski definition) is 4. The van der Waals surface area contributed by atoms with Gasteiger partial charge in [-0.05, 0) is 33.6 Å². The fraction of sp³-hybridized carbons (Fsp3) is 0.923. The van der Waals surface area contributed by atoms with E-state index in [-0.39, 0.29) is 16.6 Å². The molecule has 0 amide bonds. The minimum atomic E-state index is -1.22. The van der Waals surface area contributed by atoms with Crippen LogP contribution in [0.25, 0.3) is 0 Å². The van der Waals surface area contributed by atoms with Crippen LogP contribution >= 0.6 is 0 Å². The van der Waals surface area contributed by atoms with E-state index in [2.05, 4.69) is 4.40 Å². The van der Waals surface area contributed by atoms with E-state index in [1.165, 1.54) is 6.42 Å². The van der Waals surface area contributed by atoms with Gasteiger partial charge in [0.2, 0.25) is 0 Å². The smallest absolute Gasteiger partial charge is 0.169 e. The molecule has 5 heteroatoms. The van der Waals surface area contributed by atoms with E-state index in [1.54, 1.807) is 6.21 Å². The summed E-state index contributed by atoms with van der Waals surface area (Å²) in [5.41, 5.74) is 0. The highest BCUT2D eigenvalue weighted by atomic mass is 32.2. The Morgan fingerprint density at radius 3 is 2.56 bits per heavy atom. The van der Waals surface area contributed by atoms with Gasteiger partial charge < -0.3 is 14.0 Å². The van der Waals surface area contributed by atoms with Crippen molar-refractivity contribution in [1.29, 1.82) is 0 Å². The van der Waals surface area contributed by atoms with Gasteiger partial charge in [0.15, 0.2) is 5.79 Å². The Morgan fingerprint density at radius 2 is 1.94 bits per heavy atom. The summed E-state index contributed by atoms with van der Waals surface area (Å²) < 4.78 is 27.3. The van der Waals surface area contributed by atoms with Gasteiger partial charge in [-0.2, -0.15) is 0 Å². The van der Waals surface area contributed by atoms with E-state index in [1.807, 2.05) is 20.8 Å². The van der Waals surface area contributed by atoms with Crippen molar-refractivity contribution < 1.29 is 14.0 Å². The molecule has 1 saturated heterocycles. The standard InChI is InChI=1S/C13H23NO3S/c1-12(2,3)18(15)14-9-11-10-16-13(17-11)7-5-4-6-8-13/h9,11H,4-8,10H2,1-3H3/t11-,18?/m0/s1. The normalized spacial score (nSPS) is 30.1. The summed E-state index contributed by atoms with van der Waals surface area (Å²) in [6, 6.07) is 0. The highest BCUT2D eigenvalue weighted by Gasteiger charge is 2.42. The first kappa shape index (κ1) is 14.3. The zero-order valence-corrected chi connectivity index (χ0v) is 12.3. The summed E-state index contributed by atoms with van der Waals surface area (Å²) in [5.74, 6) is -0.377. The van der Waals surface area contributed by atoms with Crippen molar-refractivity contribution >= 4 is 17.6 Å². The molecule has 0 aromatic heterocycles. The molecule has 0 aromatic rings. The molecule has 1 aliphatic carbocycles. The van der Waals surface area contributed by atoms with Crippen molar-refractivity contribution in [1.82, 2.24) is 0 Å². The molecule has 1 saturated carbocycles. The third kappa shape index (κ3) is 3.47. The van der Waals surface area contributed by atoms with Crippen LogP contribution in [-0.2, 0) is 20.8 Å². The van der Waals surface area contributed by atoms with Gasteiger partial charge in [-0.1, -0.05) is 10.8 Å². The Balaban J connectivity index is 1.87. The molecule has 1 aliphatic heterocycles. The van der Waals surface area contributed by atoms with E-state index in [9.17, 15) is 4.55 Å². The molecule has 0 radical (unpaired) electrons. The number of nitrogens with zero attached hydrogens (tertiary/aromatic N) is 1. The quantitative estimate of drug-likeness (QED) is 0.574. The average Bonchev–Trinajstić information content (AvgIpc) is 2.69. The van der Waals surface area contributed by atoms with Crippen LogP contribution in [0.1, 0.15) is 52.9 Å². The van der Waals surface area contributed by atoms with Gasteiger partial charge in [0.05, 0.1) is 12.8 Å². The monoisotopic (exact) mass is 273 g/mol. The second-order valence-corrected chi connectivity index (χ2v) is 7.99. The molecule has 1 unspecified atom stereocenters. The van der Waals surface area contributed by atoms with Crippen LogP contribution < -0.4 is 0 Å². The maximum atomic E-state index is 11.8. The summed E-state index contributed by atoms with van der Waals surface area (Å²) >= 11 is -1.22. The molecule has 2 aliphatic rings. The molecule has 0 aromatic carbocycles. The van der Waals surface area contributed by atoms with Crippen LogP contribution in [0.3, 0.4) is 0 Å². The fourth-order valence-corrected chi connectivity index (χ4v) is 2.85. The summed E-state index contributed by atoms with van der Waals surface area (Å²) in [4.78, 5) is 0. The predicted molar refractivity (Wildman–Crippen MR) is 73.0 cm³/mol. The molecule has 0 bridgehead atoms. The molecule has 4 nitrogen and oxygen atoms in total. The van der Waals surface area contributed by atoms with Gasteiger partial charge in [0.1, 0.15) is 22.2 Å². The van der Waals surface area contributed by atoms with Gasteiger partial charge >= 0.3 is 0 Å². The van der Waals surface area contributed by atoms with E-state index < -0.39 is 11.4 Å². The SMILES string of the molecule is CC(C)(C)[S+]([O-])N=C[C@H]1COC2(CCCCC2)O1. The Hall–Kier alpha value is -0.100. The number of hydrogen-bond donors (Lipinski definition) is 0. The van der Waals surface area contributed by atoms with Crippen molar-refractivity contribution in [3.63, 3.8) is 0 Å². The van der Waals surface area contributed by atoms with Crippen LogP contribution in [0.5, 0.6) is 0 Å². The number of rotatable bonds is 2. The second-order valence-electron chi connectivity index (χ2n) is 6.05. The second kappa shape index (κ2) is 5.49. The van der Waals surface area contributed by atoms with E-state index >= 15 is 0 Å². The minimum absolute atomic E-state index is 0.144. The van der Waals surface area contributed by atoms with Gasteiger partial charge in [-0.3, -0.25) is 0 Å². The van der Waals surface area contributed by atoms with Gasteiger partial charge in [0, 0.05) is 12.8 Å². The summed E-state index contributed by atoms with van der Waals surface area (Å²) in [6.07, 6.45) is 7.05. The Labute approximate surface area is 112 Å². The average molecular weight is 273 g/mol. The molecular weight excluding hydrogens is 250 g/mol. The van der Waals surface area contributed by atoms with Gasteiger partial charge in [0.25, 0.3) is 0 Å². The third-order valence-electron chi connectivity index (χ3n) is 3.34. The van der Waals surface area contributed by atoms with Crippen LogP contribution in [-0.4, -0.2) is 34.0 Å². The van der Waals surface area contributed by atoms with Crippen molar-refractivity contribution in [3.8, 4) is 0 Å². The maximum absolute atomic E-state index is 11.8. The van der Waals surface area contributed by atoms with Gasteiger partial charge in [-0.15, -0.1) is 0 Å². The topological polar surface area (TPSA) is 53.9 Å². The molecule has 2 atom stereocenters. The molecule has 2 fully saturated rings. The molecule has 0 N–H and O–H groups in total. The van der Waals surface area contributed by atoms with E-state index in [4.69, 9.17) is 9.47 Å². The summed E-state index contributed by atoms with van der Waals surface area (Å²) in [6.45, 7) is 6.27.